The number of hydrogen-bond donors (Lipinski definition) is 1. The lowest BCUT2D eigenvalue weighted by atomic mass is 9.91. The molecule has 30 heavy (non-hydrogen) atoms. The highest BCUT2D eigenvalue weighted by molar-refractivity contribution is 7.85. The summed E-state index contributed by atoms with van der Waals surface area (Å²) in [4.78, 5) is 10.9. The van der Waals surface area contributed by atoms with Crippen LogP contribution in [0.1, 0.15) is 35.1 Å². The Hall–Kier alpha value is -3.23. The number of nitro groups is 1. The van der Waals surface area contributed by atoms with Gasteiger partial charge in [0.25, 0.3) is 10.1 Å². The molecule has 0 amide bonds. The maximum Gasteiger partial charge on any atom is 0.311 e. The van der Waals surface area contributed by atoms with Crippen LogP contribution in [0.25, 0.3) is 0 Å². The second-order valence-corrected chi connectivity index (χ2v) is 8.39. The van der Waals surface area contributed by atoms with E-state index in [1.54, 1.807) is 32.0 Å². The van der Waals surface area contributed by atoms with Crippen LogP contribution in [0, 0.1) is 17.0 Å². The Labute approximate surface area is 174 Å². The summed E-state index contributed by atoms with van der Waals surface area (Å²) in [6.07, 6.45) is 0. The quantitative estimate of drug-likeness (QED) is 0.327. The molecule has 3 rings (SSSR count). The minimum absolute atomic E-state index is 0.124. The summed E-state index contributed by atoms with van der Waals surface area (Å²) in [6.45, 7) is 3.71. The molecule has 1 unspecified atom stereocenters. The number of hydrogen-bond acceptors (Lipinski definition) is 5. The van der Waals surface area contributed by atoms with Gasteiger partial charge in [0.2, 0.25) is 0 Å². The first kappa shape index (κ1) is 21.5. The van der Waals surface area contributed by atoms with Gasteiger partial charge in [-0.25, -0.2) is 0 Å². The van der Waals surface area contributed by atoms with E-state index in [2.05, 4.69) is 0 Å². The Balaban J connectivity index is 1.97. The predicted molar refractivity (Wildman–Crippen MR) is 112 cm³/mol. The molecule has 3 aromatic rings. The first-order chi connectivity index (χ1) is 14.2. The third kappa shape index (κ3) is 4.84. The third-order valence-electron chi connectivity index (χ3n) is 4.83. The lowest BCUT2D eigenvalue weighted by Gasteiger charge is -2.17. The summed E-state index contributed by atoms with van der Waals surface area (Å²) in [7, 11) is -4.44. The molecule has 0 bridgehead atoms. The van der Waals surface area contributed by atoms with Crippen LogP contribution in [0.15, 0.2) is 71.6 Å². The van der Waals surface area contributed by atoms with Crippen molar-refractivity contribution in [3.8, 4) is 5.75 Å². The molecule has 0 saturated carbocycles. The summed E-state index contributed by atoms with van der Waals surface area (Å²) >= 11 is 0. The normalized spacial score (nSPS) is 12.4. The van der Waals surface area contributed by atoms with Gasteiger partial charge in [0.05, 0.1) is 9.82 Å². The zero-order chi connectivity index (χ0) is 21.9. The van der Waals surface area contributed by atoms with Crippen molar-refractivity contribution in [1.29, 1.82) is 0 Å². The molecule has 0 spiro atoms. The van der Waals surface area contributed by atoms with Gasteiger partial charge in [-0.1, -0.05) is 61.0 Å². The molecule has 7 nitrogen and oxygen atoms in total. The third-order valence-corrected chi connectivity index (χ3v) is 5.75. The summed E-state index contributed by atoms with van der Waals surface area (Å²) in [5, 5.41) is 11.6. The standard InChI is InChI=1S/C22H21NO6S/c1-15-8-11-22(30(26,27)28)19(12-15)16(2)18-9-10-21(20(13-18)23(24)25)29-14-17-6-4-3-5-7-17/h3-13,16H,14H2,1-2H3,(H,26,27,28). The molecule has 0 saturated heterocycles. The van der Waals surface area contributed by atoms with Crippen LogP contribution in [0.4, 0.5) is 5.69 Å². The number of nitro benzene ring substituents is 1. The maximum absolute atomic E-state index is 11.8. The molecule has 1 atom stereocenters. The summed E-state index contributed by atoms with van der Waals surface area (Å²) in [5.41, 5.74) is 2.37. The largest absolute Gasteiger partial charge is 0.482 e. The van der Waals surface area contributed by atoms with E-state index in [-0.39, 0.29) is 22.9 Å². The highest BCUT2D eigenvalue weighted by Gasteiger charge is 2.24. The highest BCUT2D eigenvalue weighted by Crippen LogP contribution is 2.36. The van der Waals surface area contributed by atoms with Crippen LogP contribution in [0.5, 0.6) is 5.75 Å². The van der Waals surface area contributed by atoms with E-state index < -0.39 is 21.0 Å². The van der Waals surface area contributed by atoms with E-state index in [1.807, 2.05) is 30.3 Å². The van der Waals surface area contributed by atoms with Crippen LogP contribution >= 0.6 is 0 Å². The Kier molecular flexibility index (Phi) is 6.19. The number of rotatable bonds is 7. The molecular formula is C22H21NO6S. The van der Waals surface area contributed by atoms with Crippen molar-refractivity contribution >= 4 is 15.8 Å². The lowest BCUT2D eigenvalue weighted by Crippen LogP contribution is -2.08. The SMILES string of the molecule is Cc1ccc(S(=O)(=O)O)c(C(C)c2ccc(OCc3ccccc3)c([N+](=O)[O-])c2)c1. The molecule has 0 aliphatic carbocycles. The zero-order valence-corrected chi connectivity index (χ0v) is 17.3. The predicted octanol–water partition coefficient (Wildman–Crippen LogP) is 4.88. The lowest BCUT2D eigenvalue weighted by molar-refractivity contribution is -0.386. The van der Waals surface area contributed by atoms with Gasteiger partial charge in [-0.2, -0.15) is 8.42 Å². The molecule has 0 fully saturated rings. The first-order valence-electron chi connectivity index (χ1n) is 9.20. The van der Waals surface area contributed by atoms with Crippen LogP contribution in [0.3, 0.4) is 0 Å². The van der Waals surface area contributed by atoms with Crippen molar-refractivity contribution in [3.63, 3.8) is 0 Å². The molecule has 3 aromatic carbocycles. The monoisotopic (exact) mass is 427 g/mol. The minimum atomic E-state index is -4.44. The average molecular weight is 427 g/mol. The van der Waals surface area contributed by atoms with Crippen LogP contribution in [0.2, 0.25) is 0 Å². The molecule has 8 heteroatoms. The maximum atomic E-state index is 11.8. The number of nitrogens with zero attached hydrogens (tertiary/aromatic N) is 1. The molecular weight excluding hydrogens is 406 g/mol. The van der Waals surface area contributed by atoms with E-state index in [9.17, 15) is 23.1 Å². The first-order valence-corrected chi connectivity index (χ1v) is 10.6. The fourth-order valence-electron chi connectivity index (χ4n) is 3.22. The van der Waals surface area contributed by atoms with E-state index >= 15 is 0 Å². The molecule has 0 aromatic heterocycles. The van der Waals surface area contributed by atoms with Crippen molar-refractivity contribution in [3.05, 3.63) is 99.1 Å². The Morgan fingerprint density at radius 1 is 1.07 bits per heavy atom. The topological polar surface area (TPSA) is 107 Å². The smallest absolute Gasteiger partial charge is 0.311 e. The van der Waals surface area contributed by atoms with Gasteiger partial charge in [-0.15, -0.1) is 0 Å². The van der Waals surface area contributed by atoms with Crippen molar-refractivity contribution < 1.29 is 22.6 Å². The Bertz CT molecular complexity index is 1180. The van der Waals surface area contributed by atoms with Gasteiger partial charge in [0.15, 0.2) is 5.75 Å². The average Bonchev–Trinajstić information content (AvgIpc) is 2.71. The Morgan fingerprint density at radius 3 is 2.40 bits per heavy atom. The summed E-state index contributed by atoms with van der Waals surface area (Å²) in [5.74, 6) is -0.386. The van der Waals surface area contributed by atoms with E-state index in [0.717, 1.165) is 11.1 Å². The molecule has 1 N–H and O–H groups in total. The minimum Gasteiger partial charge on any atom is -0.482 e. The van der Waals surface area contributed by atoms with Crippen LogP contribution in [-0.2, 0) is 16.7 Å². The van der Waals surface area contributed by atoms with Gasteiger partial charge in [0, 0.05) is 12.0 Å². The number of aryl methyl sites for hydroxylation is 1. The summed E-state index contributed by atoms with van der Waals surface area (Å²) < 4.78 is 38.8. The van der Waals surface area contributed by atoms with Crippen LogP contribution < -0.4 is 4.74 Å². The second-order valence-electron chi connectivity index (χ2n) is 7.00. The second kappa shape index (κ2) is 8.64. The zero-order valence-electron chi connectivity index (χ0n) is 16.5. The van der Waals surface area contributed by atoms with E-state index in [4.69, 9.17) is 4.74 Å². The number of benzene rings is 3. The number of ether oxygens (including phenoxy) is 1. The molecule has 0 aliphatic heterocycles. The van der Waals surface area contributed by atoms with Crippen LogP contribution in [-0.4, -0.2) is 17.9 Å². The van der Waals surface area contributed by atoms with Gasteiger partial charge in [-0.05, 0) is 35.7 Å². The van der Waals surface area contributed by atoms with E-state index in [0.29, 0.717) is 11.1 Å². The van der Waals surface area contributed by atoms with Gasteiger partial charge >= 0.3 is 5.69 Å². The van der Waals surface area contributed by atoms with Crippen molar-refractivity contribution in [2.45, 2.75) is 31.3 Å². The van der Waals surface area contributed by atoms with Gasteiger partial charge in [-0.3, -0.25) is 14.7 Å². The van der Waals surface area contributed by atoms with Gasteiger partial charge in [0.1, 0.15) is 6.61 Å². The van der Waals surface area contributed by atoms with Crippen molar-refractivity contribution in [1.82, 2.24) is 0 Å². The summed E-state index contributed by atoms with van der Waals surface area (Å²) in [6, 6.07) is 18.4. The van der Waals surface area contributed by atoms with Crippen molar-refractivity contribution in [2.24, 2.45) is 0 Å². The molecule has 0 radical (unpaired) electrons. The molecule has 156 valence electrons. The Morgan fingerprint density at radius 2 is 1.77 bits per heavy atom. The fourth-order valence-corrected chi connectivity index (χ4v) is 4.00. The highest BCUT2D eigenvalue weighted by atomic mass is 32.2. The molecule has 0 heterocycles. The van der Waals surface area contributed by atoms with Crippen molar-refractivity contribution in [2.75, 3.05) is 0 Å². The fraction of sp³-hybridized carbons (Fsp3) is 0.182. The molecule has 0 aliphatic rings. The van der Waals surface area contributed by atoms with E-state index in [1.165, 1.54) is 18.2 Å². The van der Waals surface area contributed by atoms with Gasteiger partial charge < -0.3 is 4.74 Å².